The van der Waals surface area contributed by atoms with Gasteiger partial charge in [-0.1, -0.05) is 30.3 Å². The molecule has 0 aliphatic carbocycles. The Morgan fingerprint density at radius 3 is 2.24 bits per heavy atom. The summed E-state index contributed by atoms with van der Waals surface area (Å²) in [4.78, 5) is 22.8. The zero-order valence-electron chi connectivity index (χ0n) is 14.5. The summed E-state index contributed by atoms with van der Waals surface area (Å²) >= 11 is 0. The zero-order chi connectivity index (χ0) is 17.9. The summed E-state index contributed by atoms with van der Waals surface area (Å²) in [6.07, 6.45) is 2.34. The third-order valence-electron chi connectivity index (χ3n) is 3.69. The quantitative estimate of drug-likeness (QED) is 0.615. The number of hydrogen-bond acceptors (Lipinski definition) is 3. The zero-order valence-corrected chi connectivity index (χ0v) is 14.5. The molecule has 0 saturated heterocycles. The largest absolute Gasteiger partial charge is 0.385 e. The molecule has 2 rings (SSSR count). The van der Waals surface area contributed by atoms with Gasteiger partial charge in [-0.25, -0.2) is 0 Å². The Balaban J connectivity index is 1.58. The van der Waals surface area contributed by atoms with E-state index in [1.54, 1.807) is 0 Å². The Labute approximate surface area is 148 Å². The molecule has 2 aromatic carbocycles. The van der Waals surface area contributed by atoms with Gasteiger partial charge in [0.2, 0.25) is 11.8 Å². The van der Waals surface area contributed by atoms with E-state index in [1.165, 1.54) is 12.5 Å². The van der Waals surface area contributed by atoms with Gasteiger partial charge in [0, 0.05) is 37.8 Å². The van der Waals surface area contributed by atoms with Crippen molar-refractivity contribution in [2.75, 3.05) is 23.7 Å². The maximum atomic E-state index is 11.8. The van der Waals surface area contributed by atoms with Crippen LogP contribution in [0.3, 0.4) is 0 Å². The van der Waals surface area contributed by atoms with Crippen LogP contribution < -0.4 is 16.0 Å². The van der Waals surface area contributed by atoms with Gasteiger partial charge in [0.15, 0.2) is 0 Å². The minimum atomic E-state index is -0.0929. The first-order chi connectivity index (χ1) is 12.1. The summed E-state index contributed by atoms with van der Waals surface area (Å²) in [5, 5.41) is 8.86. The van der Waals surface area contributed by atoms with Gasteiger partial charge in [-0.3, -0.25) is 9.59 Å². The fraction of sp³-hybridized carbons (Fsp3) is 0.300. The van der Waals surface area contributed by atoms with Crippen molar-refractivity contribution < 1.29 is 9.59 Å². The predicted molar refractivity (Wildman–Crippen MR) is 102 cm³/mol. The highest BCUT2D eigenvalue weighted by molar-refractivity contribution is 5.88. The van der Waals surface area contributed by atoms with E-state index in [4.69, 9.17) is 0 Å². The number of carbonyl (C=O) groups is 2. The molecule has 0 atom stereocenters. The Morgan fingerprint density at radius 2 is 1.56 bits per heavy atom. The van der Waals surface area contributed by atoms with Crippen LogP contribution in [0.15, 0.2) is 54.6 Å². The normalized spacial score (nSPS) is 10.1. The first-order valence-corrected chi connectivity index (χ1v) is 8.55. The van der Waals surface area contributed by atoms with Crippen molar-refractivity contribution in [3.8, 4) is 0 Å². The average molecular weight is 339 g/mol. The Hall–Kier alpha value is -2.82. The van der Waals surface area contributed by atoms with Crippen LogP contribution >= 0.6 is 0 Å². The van der Waals surface area contributed by atoms with Gasteiger partial charge in [-0.05, 0) is 42.7 Å². The summed E-state index contributed by atoms with van der Waals surface area (Å²) in [6.45, 7) is 2.74. The molecular weight excluding hydrogens is 314 g/mol. The fourth-order valence-corrected chi connectivity index (χ4v) is 2.45. The van der Waals surface area contributed by atoms with Crippen LogP contribution in [0.1, 0.15) is 25.3 Å². The molecule has 0 fully saturated rings. The summed E-state index contributed by atoms with van der Waals surface area (Å²) in [6, 6.07) is 17.7. The van der Waals surface area contributed by atoms with Crippen molar-refractivity contribution in [2.24, 2.45) is 0 Å². The number of hydrogen-bond donors (Lipinski definition) is 3. The molecule has 0 aromatic heterocycles. The second-order valence-corrected chi connectivity index (χ2v) is 5.87. The smallest absolute Gasteiger partial charge is 0.221 e. The van der Waals surface area contributed by atoms with Crippen LogP contribution in [-0.2, 0) is 16.0 Å². The van der Waals surface area contributed by atoms with E-state index >= 15 is 0 Å². The summed E-state index contributed by atoms with van der Waals surface area (Å²) in [5.41, 5.74) is 2.97. The minimum absolute atomic E-state index is 0.0513. The monoisotopic (exact) mass is 339 g/mol. The Kier molecular flexibility index (Phi) is 7.50. The lowest BCUT2D eigenvalue weighted by Gasteiger charge is -2.09. The number of anilines is 2. The van der Waals surface area contributed by atoms with Crippen molar-refractivity contribution in [3.63, 3.8) is 0 Å². The van der Waals surface area contributed by atoms with Crippen LogP contribution in [0.4, 0.5) is 11.4 Å². The molecule has 0 radical (unpaired) electrons. The lowest BCUT2D eigenvalue weighted by Crippen LogP contribution is -2.26. The molecule has 0 aliphatic heterocycles. The van der Waals surface area contributed by atoms with Gasteiger partial charge >= 0.3 is 0 Å². The molecule has 3 N–H and O–H groups in total. The molecule has 132 valence electrons. The Morgan fingerprint density at radius 1 is 0.880 bits per heavy atom. The molecule has 5 nitrogen and oxygen atoms in total. The molecular formula is C20H25N3O2. The fourth-order valence-electron chi connectivity index (χ4n) is 2.45. The molecule has 0 unspecified atom stereocenters. The molecule has 0 saturated carbocycles. The van der Waals surface area contributed by atoms with Gasteiger partial charge in [0.05, 0.1) is 0 Å². The predicted octanol–water partition coefficient (Wildman–Crippen LogP) is 3.20. The van der Waals surface area contributed by atoms with Gasteiger partial charge < -0.3 is 16.0 Å². The van der Waals surface area contributed by atoms with Crippen LogP contribution in [0.2, 0.25) is 0 Å². The number of amides is 2. The third-order valence-corrected chi connectivity index (χ3v) is 3.69. The molecule has 0 aliphatic rings. The van der Waals surface area contributed by atoms with Crippen LogP contribution in [0, 0.1) is 0 Å². The summed E-state index contributed by atoms with van der Waals surface area (Å²) < 4.78 is 0. The maximum absolute atomic E-state index is 11.8. The third kappa shape index (κ3) is 7.52. The lowest BCUT2D eigenvalue weighted by molar-refractivity contribution is -0.120. The summed E-state index contributed by atoms with van der Waals surface area (Å²) in [7, 11) is 0. The number of carbonyl (C=O) groups excluding carboxylic acids is 2. The second kappa shape index (κ2) is 10.1. The number of benzene rings is 2. The first-order valence-electron chi connectivity index (χ1n) is 8.55. The summed E-state index contributed by atoms with van der Waals surface area (Å²) in [5.74, 6) is -0.0416. The first kappa shape index (κ1) is 18.5. The van der Waals surface area contributed by atoms with E-state index < -0.39 is 0 Å². The van der Waals surface area contributed by atoms with Gasteiger partial charge in [0.25, 0.3) is 0 Å². The van der Waals surface area contributed by atoms with E-state index in [0.717, 1.165) is 24.2 Å². The number of aryl methyl sites for hydroxylation is 1. The second-order valence-electron chi connectivity index (χ2n) is 5.87. The average Bonchev–Trinajstić information content (AvgIpc) is 2.61. The maximum Gasteiger partial charge on any atom is 0.221 e. The highest BCUT2D eigenvalue weighted by atomic mass is 16.2. The Bertz CT molecular complexity index is 669. The minimum Gasteiger partial charge on any atom is -0.385 e. The molecule has 0 spiro atoms. The van der Waals surface area contributed by atoms with Crippen LogP contribution in [0.25, 0.3) is 0 Å². The van der Waals surface area contributed by atoms with E-state index in [1.807, 2.05) is 42.5 Å². The molecule has 0 bridgehead atoms. The molecule has 5 heteroatoms. The van der Waals surface area contributed by atoms with Gasteiger partial charge in [-0.2, -0.15) is 0 Å². The van der Waals surface area contributed by atoms with E-state index in [-0.39, 0.29) is 11.8 Å². The van der Waals surface area contributed by atoms with E-state index in [0.29, 0.717) is 19.5 Å². The molecule has 2 amide bonds. The number of rotatable bonds is 9. The van der Waals surface area contributed by atoms with Gasteiger partial charge in [0.1, 0.15) is 0 Å². The van der Waals surface area contributed by atoms with Crippen molar-refractivity contribution in [3.05, 3.63) is 60.2 Å². The standard InChI is InChI=1S/C20H25N3O2/c1-16(24)23-19-11-9-18(10-12-19)21-15-13-20(25)22-14-5-8-17-6-3-2-4-7-17/h2-4,6-7,9-12,21H,5,8,13-15H2,1H3,(H,22,25)(H,23,24). The van der Waals surface area contributed by atoms with Crippen molar-refractivity contribution >= 4 is 23.2 Å². The molecule has 25 heavy (non-hydrogen) atoms. The number of nitrogens with one attached hydrogen (secondary N) is 3. The highest BCUT2D eigenvalue weighted by Crippen LogP contribution is 2.13. The van der Waals surface area contributed by atoms with Crippen LogP contribution in [-0.4, -0.2) is 24.9 Å². The van der Waals surface area contributed by atoms with Gasteiger partial charge in [-0.15, -0.1) is 0 Å². The van der Waals surface area contributed by atoms with Crippen molar-refractivity contribution in [2.45, 2.75) is 26.2 Å². The van der Waals surface area contributed by atoms with E-state index in [9.17, 15) is 9.59 Å². The molecule has 0 heterocycles. The van der Waals surface area contributed by atoms with Crippen molar-refractivity contribution in [1.82, 2.24) is 5.32 Å². The SMILES string of the molecule is CC(=O)Nc1ccc(NCCC(=O)NCCCc2ccccc2)cc1. The lowest BCUT2D eigenvalue weighted by atomic mass is 10.1. The topological polar surface area (TPSA) is 70.2 Å². The van der Waals surface area contributed by atoms with Crippen molar-refractivity contribution in [1.29, 1.82) is 0 Å². The van der Waals surface area contributed by atoms with Crippen LogP contribution in [0.5, 0.6) is 0 Å². The van der Waals surface area contributed by atoms with E-state index in [2.05, 4.69) is 28.1 Å². The highest BCUT2D eigenvalue weighted by Gasteiger charge is 2.01. The molecule has 2 aromatic rings.